The van der Waals surface area contributed by atoms with E-state index in [1.54, 1.807) is 18.2 Å². The van der Waals surface area contributed by atoms with Crippen LogP contribution < -0.4 is 15.8 Å². The normalized spacial score (nSPS) is 19.6. The highest BCUT2D eigenvalue weighted by atomic mass is 16.5. The minimum atomic E-state index is -0.153. The van der Waals surface area contributed by atoms with Crippen molar-refractivity contribution in [3.63, 3.8) is 0 Å². The van der Waals surface area contributed by atoms with Crippen LogP contribution in [0.3, 0.4) is 0 Å². The van der Waals surface area contributed by atoms with Crippen molar-refractivity contribution in [2.45, 2.75) is 6.10 Å². The number of hydrogen-bond acceptors (Lipinski definition) is 5. The number of anilines is 1. The topological polar surface area (TPSA) is 76.8 Å². The van der Waals surface area contributed by atoms with E-state index in [-0.39, 0.29) is 12.0 Å². The fourth-order valence-corrected chi connectivity index (χ4v) is 2.15. The van der Waals surface area contributed by atoms with Gasteiger partial charge >= 0.3 is 0 Å². The summed E-state index contributed by atoms with van der Waals surface area (Å²) in [6.07, 6.45) is 0.0355. The second-order valence-corrected chi connectivity index (χ2v) is 4.92. The van der Waals surface area contributed by atoms with Crippen LogP contribution in [0.2, 0.25) is 0 Å². The Bertz CT molecular complexity index is 479. The van der Waals surface area contributed by atoms with Crippen LogP contribution in [0.25, 0.3) is 0 Å². The lowest BCUT2D eigenvalue weighted by atomic mass is 10.1. The summed E-state index contributed by atoms with van der Waals surface area (Å²) in [5.41, 5.74) is 6.77. The Morgan fingerprint density at radius 3 is 3.10 bits per heavy atom. The molecule has 0 aromatic heterocycles. The van der Waals surface area contributed by atoms with Gasteiger partial charge in [-0.1, -0.05) is 0 Å². The fraction of sp³-hybridized carbons (Fsp3) is 0.500. The SMILES string of the molecule is COc1cc(C(=O)NCC2CN(C)CCO2)ccc1N. The molecule has 1 amide bonds. The van der Waals surface area contributed by atoms with Crippen LogP contribution in [-0.4, -0.2) is 57.3 Å². The van der Waals surface area contributed by atoms with E-state index < -0.39 is 0 Å². The molecule has 1 fully saturated rings. The minimum absolute atomic E-state index is 0.0355. The molecule has 1 atom stereocenters. The Balaban J connectivity index is 1.91. The van der Waals surface area contributed by atoms with Crippen molar-refractivity contribution in [3.05, 3.63) is 23.8 Å². The summed E-state index contributed by atoms with van der Waals surface area (Å²) < 4.78 is 10.7. The number of nitrogens with zero attached hydrogens (tertiary/aromatic N) is 1. The Morgan fingerprint density at radius 1 is 1.60 bits per heavy atom. The van der Waals surface area contributed by atoms with Crippen molar-refractivity contribution in [3.8, 4) is 5.75 Å². The first kappa shape index (κ1) is 14.6. The molecule has 1 aromatic rings. The molecule has 1 aliphatic heterocycles. The largest absolute Gasteiger partial charge is 0.495 e. The summed E-state index contributed by atoms with van der Waals surface area (Å²) in [5.74, 6) is 0.353. The lowest BCUT2D eigenvalue weighted by molar-refractivity contribution is -0.0175. The van der Waals surface area contributed by atoms with Crippen molar-refractivity contribution in [1.82, 2.24) is 10.2 Å². The summed E-state index contributed by atoms with van der Waals surface area (Å²) in [5, 5.41) is 2.87. The zero-order valence-electron chi connectivity index (χ0n) is 11.9. The van der Waals surface area contributed by atoms with E-state index in [2.05, 4.69) is 10.2 Å². The van der Waals surface area contributed by atoms with Crippen LogP contribution >= 0.6 is 0 Å². The number of hydrogen-bond donors (Lipinski definition) is 2. The van der Waals surface area contributed by atoms with Crippen LogP contribution in [0.1, 0.15) is 10.4 Å². The molecule has 6 heteroatoms. The number of carbonyl (C=O) groups is 1. The van der Waals surface area contributed by atoms with Crippen LogP contribution in [0, 0.1) is 0 Å². The molecule has 1 aliphatic rings. The monoisotopic (exact) mass is 279 g/mol. The standard InChI is InChI=1S/C14H21N3O3/c1-17-5-6-20-11(9-17)8-16-14(18)10-3-4-12(15)13(7-10)19-2/h3-4,7,11H,5-6,8-9,15H2,1-2H3,(H,16,18). The van der Waals surface area contributed by atoms with Gasteiger partial charge in [0.25, 0.3) is 5.91 Å². The van der Waals surface area contributed by atoms with Gasteiger partial charge in [0, 0.05) is 25.2 Å². The summed E-state index contributed by atoms with van der Waals surface area (Å²) in [6.45, 7) is 2.95. The highest BCUT2D eigenvalue weighted by molar-refractivity contribution is 5.95. The quantitative estimate of drug-likeness (QED) is 0.777. The van der Waals surface area contributed by atoms with E-state index in [1.165, 1.54) is 7.11 Å². The third-order valence-electron chi connectivity index (χ3n) is 3.33. The van der Waals surface area contributed by atoms with E-state index in [1.807, 2.05) is 7.05 Å². The van der Waals surface area contributed by atoms with Gasteiger partial charge in [-0.3, -0.25) is 4.79 Å². The molecule has 3 N–H and O–H groups in total. The molecule has 0 aliphatic carbocycles. The van der Waals surface area contributed by atoms with Gasteiger partial charge in [-0.15, -0.1) is 0 Å². The van der Waals surface area contributed by atoms with Gasteiger partial charge < -0.3 is 25.4 Å². The van der Waals surface area contributed by atoms with Crippen LogP contribution in [0.5, 0.6) is 5.75 Å². The Hall–Kier alpha value is -1.79. The molecule has 20 heavy (non-hydrogen) atoms. The number of carbonyl (C=O) groups excluding carboxylic acids is 1. The second kappa shape index (κ2) is 6.58. The molecule has 1 saturated heterocycles. The molecule has 110 valence electrons. The predicted octanol–water partition coefficient (Wildman–Crippen LogP) is 0.338. The predicted molar refractivity (Wildman–Crippen MR) is 77.0 cm³/mol. The highest BCUT2D eigenvalue weighted by Gasteiger charge is 2.18. The molecule has 0 bridgehead atoms. The van der Waals surface area contributed by atoms with Gasteiger partial charge in [0.15, 0.2) is 0 Å². The second-order valence-electron chi connectivity index (χ2n) is 4.92. The van der Waals surface area contributed by atoms with Crippen molar-refractivity contribution in [2.75, 3.05) is 46.1 Å². The molecular weight excluding hydrogens is 258 g/mol. The summed E-state index contributed by atoms with van der Waals surface area (Å²) in [4.78, 5) is 14.3. The maximum Gasteiger partial charge on any atom is 0.251 e. The number of nitrogens with one attached hydrogen (secondary N) is 1. The average Bonchev–Trinajstić information content (AvgIpc) is 2.45. The summed E-state index contributed by atoms with van der Waals surface area (Å²) in [7, 11) is 3.57. The van der Waals surface area contributed by atoms with Gasteiger partial charge in [0.1, 0.15) is 5.75 Å². The van der Waals surface area contributed by atoms with Gasteiger partial charge in [0.2, 0.25) is 0 Å². The zero-order chi connectivity index (χ0) is 14.5. The lowest BCUT2D eigenvalue weighted by Crippen LogP contribution is -2.45. The lowest BCUT2D eigenvalue weighted by Gasteiger charge is -2.30. The number of rotatable bonds is 4. The van der Waals surface area contributed by atoms with Crippen LogP contribution in [0.15, 0.2) is 18.2 Å². The first-order chi connectivity index (χ1) is 9.60. The van der Waals surface area contributed by atoms with E-state index in [4.69, 9.17) is 15.2 Å². The molecule has 0 saturated carbocycles. The molecule has 1 heterocycles. The average molecular weight is 279 g/mol. The molecule has 2 rings (SSSR count). The van der Waals surface area contributed by atoms with Gasteiger partial charge in [-0.2, -0.15) is 0 Å². The number of methoxy groups -OCH3 is 1. The molecule has 0 spiro atoms. The summed E-state index contributed by atoms with van der Waals surface area (Å²) >= 11 is 0. The molecule has 1 unspecified atom stereocenters. The smallest absolute Gasteiger partial charge is 0.251 e. The van der Waals surface area contributed by atoms with E-state index in [0.29, 0.717) is 30.2 Å². The van der Waals surface area contributed by atoms with Crippen molar-refractivity contribution in [1.29, 1.82) is 0 Å². The van der Waals surface area contributed by atoms with Gasteiger partial charge in [-0.25, -0.2) is 0 Å². The zero-order valence-corrected chi connectivity index (χ0v) is 11.9. The number of nitrogens with two attached hydrogens (primary N) is 1. The third kappa shape index (κ3) is 3.61. The minimum Gasteiger partial charge on any atom is -0.495 e. The van der Waals surface area contributed by atoms with Crippen molar-refractivity contribution < 1.29 is 14.3 Å². The maximum absolute atomic E-state index is 12.1. The van der Waals surface area contributed by atoms with E-state index >= 15 is 0 Å². The Kier molecular flexibility index (Phi) is 4.81. The third-order valence-corrected chi connectivity index (χ3v) is 3.33. The number of amides is 1. The maximum atomic E-state index is 12.1. The number of morpholine rings is 1. The molecule has 1 aromatic carbocycles. The van der Waals surface area contributed by atoms with Gasteiger partial charge in [0.05, 0.1) is 25.5 Å². The first-order valence-electron chi connectivity index (χ1n) is 6.62. The number of ether oxygens (including phenoxy) is 2. The molecule has 6 nitrogen and oxygen atoms in total. The van der Waals surface area contributed by atoms with Crippen molar-refractivity contribution >= 4 is 11.6 Å². The highest BCUT2D eigenvalue weighted by Crippen LogP contribution is 2.22. The molecule has 0 radical (unpaired) electrons. The number of nitrogen functional groups attached to an aromatic ring is 1. The van der Waals surface area contributed by atoms with Crippen LogP contribution in [0.4, 0.5) is 5.69 Å². The van der Waals surface area contributed by atoms with Gasteiger partial charge in [-0.05, 0) is 25.2 Å². The summed E-state index contributed by atoms with van der Waals surface area (Å²) in [6, 6.07) is 4.98. The Morgan fingerprint density at radius 2 is 2.40 bits per heavy atom. The van der Waals surface area contributed by atoms with E-state index in [0.717, 1.165) is 13.1 Å². The Labute approximate surface area is 118 Å². The van der Waals surface area contributed by atoms with Crippen LogP contribution in [-0.2, 0) is 4.74 Å². The van der Waals surface area contributed by atoms with Crippen molar-refractivity contribution in [2.24, 2.45) is 0 Å². The van der Waals surface area contributed by atoms with E-state index in [9.17, 15) is 4.79 Å². The fourth-order valence-electron chi connectivity index (χ4n) is 2.15. The first-order valence-corrected chi connectivity index (χ1v) is 6.62. The number of benzene rings is 1. The number of likely N-dealkylation sites (N-methyl/N-ethyl adjacent to an activating group) is 1. The molecular formula is C14H21N3O3.